The van der Waals surface area contributed by atoms with Crippen molar-refractivity contribution in [3.05, 3.63) is 0 Å². The topological polar surface area (TPSA) is 58.8 Å². The first kappa shape index (κ1) is 14.4. The van der Waals surface area contributed by atoms with Crippen molar-refractivity contribution < 1.29 is 9.53 Å². The van der Waals surface area contributed by atoms with Crippen LogP contribution in [0.3, 0.4) is 0 Å². The summed E-state index contributed by atoms with van der Waals surface area (Å²) in [5.74, 6) is 0.209. The molecule has 1 saturated carbocycles. The molecular formula is C12H25N3O2. The van der Waals surface area contributed by atoms with Gasteiger partial charge in [0.25, 0.3) is 0 Å². The second-order valence-corrected chi connectivity index (χ2v) is 4.65. The van der Waals surface area contributed by atoms with Crippen molar-refractivity contribution in [3.63, 3.8) is 0 Å². The molecule has 0 aromatic rings. The van der Waals surface area contributed by atoms with Crippen LogP contribution >= 0.6 is 0 Å². The van der Waals surface area contributed by atoms with E-state index in [0.29, 0.717) is 25.7 Å². The SMILES string of the molecule is COCCN(CCCN)CC(=O)N(C)C1CC1. The Hall–Kier alpha value is -0.650. The van der Waals surface area contributed by atoms with Gasteiger partial charge in [0.05, 0.1) is 13.2 Å². The van der Waals surface area contributed by atoms with Crippen molar-refractivity contribution in [2.75, 3.05) is 46.9 Å². The Kier molecular flexibility index (Phi) is 6.47. The van der Waals surface area contributed by atoms with Gasteiger partial charge >= 0.3 is 0 Å². The lowest BCUT2D eigenvalue weighted by Gasteiger charge is -2.24. The highest BCUT2D eigenvalue weighted by Crippen LogP contribution is 2.25. The zero-order valence-corrected chi connectivity index (χ0v) is 11.0. The van der Waals surface area contributed by atoms with E-state index in [2.05, 4.69) is 4.90 Å². The van der Waals surface area contributed by atoms with Gasteiger partial charge in [-0.25, -0.2) is 0 Å². The Morgan fingerprint density at radius 3 is 2.65 bits per heavy atom. The number of carbonyl (C=O) groups is 1. The fourth-order valence-electron chi connectivity index (χ4n) is 1.77. The van der Waals surface area contributed by atoms with Crippen LogP contribution in [0.1, 0.15) is 19.3 Å². The summed E-state index contributed by atoms with van der Waals surface area (Å²) in [6.45, 7) is 3.46. The minimum Gasteiger partial charge on any atom is -0.383 e. The van der Waals surface area contributed by atoms with Gasteiger partial charge in [0, 0.05) is 26.7 Å². The van der Waals surface area contributed by atoms with Crippen molar-refractivity contribution in [2.24, 2.45) is 5.73 Å². The van der Waals surface area contributed by atoms with Crippen molar-refractivity contribution in [2.45, 2.75) is 25.3 Å². The number of likely N-dealkylation sites (N-methyl/N-ethyl adjacent to an activating group) is 1. The smallest absolute Gasteiger partial charge is 0.236 e. The van der Waals surface area contributed by atoms with Crippen molar-refractivity contribution in [1.29, 1.82) is 0 Å². The minimum atomic E-state index is 0.209. The van der Waals surface area contributed by atoms with Crippen LogP contribution in [0.15, 0.2) is 0 Å². The fraction of sp³-hybridized carbons (Fsp3) is 0.917. The molecular weight excluding hydrogens is 218 g/mol. The quantitative estimate of drug-likeness (QED) is 0.614. The number of nitrogens with zero attached hydrogens (tertiary/aromatic N) is 2. The van der Waals surface area contributed by atoms with Crippen LogP contribution < -0.4 is 5.73 Å². The third-order valence-electron chi connectivity index (χ3n) is 3.14. The van der Waals surface area contributed by atoms with Crippen LogP contribution in [-0.2, 0) is 9.53 Å². The van der Waals surface area contributed by atoms with E-state index >= 15 is 0 Å². The lowest BCUT2D eigenvalue weighted by molar-refractivity contribution is -0.131. The van der Waals surface area contributed by atoms with Gasteiger partial charge in [-0.1, -0.05) is 0 Å². The molecule has 0 atom stereocenters. The molecule has 5 heteroatoms. The Bertz CT molecular complexity index is 224. The van der Waals surface area contributed by atoms with Crippen molar-refractivity contribution >= 4 is 5.91 Å². The maximum Gasteiger partial charge on any atom is 0.236 e. The molecule has 100 valence electrons. The molecule has 0 saturated heterocycles. The highest BCUT2D eigenvalue weighted by molar-refractivity contribution is 5.78. The Morgan fingerprint density at radius 1 is 1.41 bits per heavy atom. The molecule has 0 heterocycles. The molecule has 2 N–H and O–H groups in total. The standard InChI is InChI=1S/C12H25N3O2/c1-14(11-4-5-11)12(16)10-15(7-3-6-13)8-9-17-2/h11H,3-10,13H2,1-2H3. The van der Waals surface area contributed by atoms with E-state index in [9.17, 15) is 4.79 Å². The van der Waals surface area contributed by atoms with Gasteiger partial charge in [0.15, 0.2) is 0 Å². The summed E-state index contributed by atoms with van der Waals surface area (Å²) in [6, 6.07) is 0.487. The molecule has 1 rings (SSSR count). The largest absolute Gasteiger partial charge is 0.383 e. The molecule has 17 heavy (non-hydrogen) atoms. The highest BCUT2D eigenvalue weighted by Gasteiger charge is 2.29. The first-order valence-electron chi connectivity index (χ1n) is 6.36. The van der Waals surface area contributed by atoms with Crippen LogP contribution in [0, 0.1) is 0 Å². The fourth-order valence-corrected chi connectivity index (χ4v) is 1.77. The molecule has 0 unspecified atom stereocenters. The molecule has 0 spiro atoms. The van der Waals surface area contributed by atoms with Crippen LogP contribution in [0.2, 0.25) is 0 Å². The molecule has 0 aliphatic heterocycles. The maximum atomic E-state index is 12.0. The van der Waals surface area contributed by atoms with E-state index in [1.54, 1.807) is 7.11 Å². The molecule has 5 nitrogen and oxygen atoms in total. The molecule has 0 bridgehead atoms. The van der Waals surface area contributed by atoms with Crippen LogP contribution in [0.5, 0.6) is 0 Å². The van der Waals surface area contributed by atoms with E-state index in [4.69, 9.17) is 10.5 Å². The minimum absolute atomic E-state index is 0.209. The first-order valence-corrected chi connectivity index (χ1v) is 6.36. The van der Waals surface area contributed by atoms with Gasteiger partial charge in [-0.05, 0) is 32.4 Å². The Labute approximate surface area is 104 Å². The number of rotatable bonds is 9. The second kappa shape index (κ2) is 7.63. The molecule has 1 aliphatic rings. The summed E-state index contributed by atoms with van der Waals surface area (Å²) in [5.41, 5.74) is 5.50. The van der Waals surface area contributed by atoms with Gasteiger partial charge in [0.1, 0.15) is 0 Å². The molecule has 1 aliphatic carbocycles. The van der Waals surface area contributed by atoms with Gasteiger partial charge in [0.2, 0.25) is 5.91 Å². The number of nitrogens with two attached hydrogens (primary N) is 1. The van der Waals surface area contributed by atoms with Gasteiger partial charge < -0.3 is 15.4 Å². The molecule has 0 aromatic carbocycles. The lowest BCUT2D eigenvalue weighted by Crippen LogP contribution is -2.41. The maximum absolute atomic E-state index is 12.0. The number of hydrogen-bond acceptors (Lipinski definition) is 4. The molecule has 1 amide bonds. The molecule has 0 radical (unpaired) electrons. The Morgan fingerprint density at radius 2 is 2.12 bits per heavy atom. The molecule has 1 fully saturated rings. The second-order valence-electron chi connectivity index (χ2n) is 4.65. The first-order chi connectivity index (χ1) is 8.19. The van der Waals surface area contributed by atoms with Crippen LogP contribution in [0.25, 0.3) is 0 Å². The predicted molar refractivity (Wildman–Crippen MR) is 67.8 cm³/mol. The van der Waals surface area contributed by atoms with E-state index in [1.165, 1.54) is 0 Å². The molecule has 0 aromatic heterocycles. The number of amides is 1. The van der Waals surface area contributed by atoms with E-state index < -0.39 is 0 Å². The Balaban J connectivity index is 2.31. The van der Waals surface area contributed by atoms with Crippen molar-refractivity contribution in [1.82, 2.24) is 9.80 Å². The number of ether oxygens (including phenoxy) is 1. The van der Waals surface area contributed by atoms with E-state index in [-0.39, 0.29) is 5.91 Å². The van der Waals surface area contributed by atoms with Crippen molar-refractivity contribution in [3.8, 4) is 0 Å². The average Bonchev–Trinajstić information content (AvgIpc) is 3.15. The predicted octanol–water partition coefficient (Wildman–Crippen LogP) is -0.0956. The summed E-state index contributed by atoms with van der Waals surface area (Å²) < 4.78 is 5.06. The third-order valence-corrected chi connectivity index (χ3v) is 3.14. The normalized spacial score (nSPS) is 15.3. The number of methoxy groups -OCH3 is 1. The monoisotopic (exact) mass is 243 g/mol. The summed E-state index contributed by atoms with van der Waals surface area (Å²) in [7, 11) is 3.58. The zero-order valence-electron chi connectivity index (χ0n) is 11.0. The van der Waals surface area contributed by atoms with Gasteiger partial charge in [-0.2, -0.15) is 0 Å². The van der Waals surface area contributed by atoms with E-state index in [0.717, 1.165) is 32.4 Å². The van der Waals surface area contributed by atoms with Gasteiger partial charge in [-0.3, -0.25) is 9.69 Å². The summed E-state index contributed by atoms with van der Waals surface area (Å²) in [4.78, 5) is 16.0. The summed E-state index contributed by atoms with van der Waals surface area (Å²) in [5, 5.41) is 0. The lowest BCUT2D eigenvalue weighted by atomic mass is 10.3. The van der Waals surface area contributed by atoms with E-state index in [1.807, 2.05) is 11.9 Å². The summed E-state index contributed by atoms with van der Waals surface area (Å²) >= 11 is 0. The zero-order chi connectivity index (χ0) is 12.7. The highest BCUT2D eigenvalue weighted by atomic mass is 16.5. The third kappa shape index (κ3) is 5.48. The average molecular weight is 243 g/mol. The van der Waals surface area contributed by atoms with Crippen LogP contribution in [0.4, 0.5) is 0 Å². The number of hydrogen-bond donors (Lipinski definition) is 1. The summed E-state index contributed by atoms with van der Waals surface area (Å²) in [6.07, 6.45) is 3.23. The number of carbonyl (C=O) groups excluding carboxylic acids is 1. The van der Waals surface area contributed by atoms with Gasteiger partial charge in [-0.15, -0.1) is 0 Å². The van der Waals surface area contributed by atoms with Crippen LogP contribution in [-0.4, -0.2) is 68.7 Å².